The van der Waals surface area contributed by atoms with Gasteiger partial charge in [0.05, 0.1) is 19.8 Å². The summed E-state index contributed by atoms with van der Waals surface area (Å²) in [5.41, 5.74) is 0. The van der Waals surface area contributed by atoms with Crippen LogP contribution < -0.4 is 5.32 Å². The summed E-state index contributed by atoms with van der Waals surface area (Å²) in [5, 5.41) is 2.90. The molecule has 0 aromatic rings. The molecule has 2 saturated heterocycles. The van der Waals surface area contributed by atoms with Crippen LogP contribution in [0.5, 0.6) is 0 Å². The Labute approximate surface area is 149 Å². The zero-order valence-electron chi connectivity index (χ0n) is 15.6. The smallest absolute Gasteiger partial charge is 0.249 e. The quantitative estimate of drug-likeness (QED) is 0.597. The van der Waals surface area contributed by atoms with E-state index in [1.54, 1.807) is 7.11 Å². The van der Waals surface area contributed by atoms with Gasteiger partial charge in [-0.05, 0) is 20.3 Å². The summed E-state index contributed by atoms with van der Waals surface area (Å²) in [6.07, 6.45) is 1.11. The molecule has 0 bridgehead atoms. The van der Waals surface area contributed by atoms with Crippen LogP contribution in [0.3, 0.4) is 0 Å². The number of nitrogens with one attached hydrogen (secondary N) is 1. The van der Waals surface area contributed by atoms with Gasteiger partial charge in [0.15, 0.2) is 5.79 Å². The van der Waals surface area contributed by atoms with Crippen LogP contribution in [0.25, 0.3) is 0 Å². The van der Waals surface area contributed by atoms with E-state index in [-0.39, 0.29) is 24.5 Å². The lowest BCUT2D eigenvalue weighted by atomic mass is 10.1. The minimum atomic E-state index is -0.749. The first-order valence-corrected chi connectivity index (χ1v) is 8.89. The van der Waals surface area contributed by atoms with Crippen molar-refractivity contribution < 1.29 is 28.5 Å². The Morgan fingerprint density at radius 2 is 2.04 bits per heavy atom. The van der Waals surface area contributed by atoms with Crippen LogP contribution in [0.15, 0.2) is 0 Å². The Hall–Kier alpha value is -1.22. The molecule has 0 spiro atoms. The number of unbranched alkanes of at least 4 members (excludes halogenated alkanes) is 1. The zero-order valence-corrected chi connectivity index (χ0v) is 15.6. The molecule has 2 heterocycles. The number of fused-ring (bicyclic) bond motifs is 1. The second kappa shape index (κ2) is 8.93. The maximum absolute atomic E-state index is 12.7. The lowest BCUT2D eigenvalue weighted by Gasteiger charge is -2.29. The third-order valence-electron chi connectivity index (χ3n) is 4.32. The summed E-state index contributed by atoms with van der Waals surface area (Å²) >= 11 is 0. The van der Waals surface area contributed by atoms with Crippen molar-refractivity contribution in [2.45, 2.75) is 57.6 Å². The van der Waals surface area contributed by atoms with E-state index < -0.39 is 17.9 Å². The minimum absolute atomic E-state index is 0.0923. The van der Waals surface area contributed by atoms with Gasteiger partial charge in [-0.25, -0.2) is 0 Å². The van der Waals surface area contributed by atoms with Crippen molar-refractivity contribution in [3.63, 3.8) is 0 Å². The molecule has 8 nitrogen and oxygen atoms in total. The predicted octanol–water partition coefficient (Wildman–Crippen LogP) is 0.297. The van der Waals surface area contributed by atoms with Crippen molar-refractivity contribution in [3.8, 4) is 0 Å². The minimum Gasteiger partial charge on any atom is -0.382 e. The standard InChI is InChI=1S/C17H30N2O6/c1-5-6-7-18-16(21)14-15-12(24-17(2,3)25-15)10-19(14)13(20)11-23-9-8-22-4/h12,14-15H,5-11H2,1-4H3,(H,18,21)/t12-,14-,15-/m0/s1. The summed E-state index contributed by atoms with van der Waals surface area (Å²) in [4.78, 5) is 26.7. The molecule has 8 heteroatoms. The molecule has 144 valence electrons. The molecule has 2 amide bonds. The fourth-order valence-electron chi connectivity index (χ4n) is 3.18. The molecule has 1 N–H and O–H groups in total. The van der Waals surface area contributed by atoms with Crippen LogP contribution in [-0.2, 0) is 28.5 Å². The Morgan fingerprint density at radius 3 is 2.72 bits per heavy atom. The molecule has 2 aliphatic heterocycles. The Balaban J connectivity index is 2.01. The highest BCUT2D eigenvalue weighted by Crippen LogP contribution is 2.36. The molecule has 0 unspecified atom stereocenters. The van der Waals surface area contributed by atoms with Crippen molar-refractivity contribution in [1.29, 1.82) is 0 Å². The zero-order chi connectivity index (χ0) is 18.4. The average Bonchev–Trinajstić information content (AvgIpc) is 3.03. The number of hydrogen-bond acceptors (Lipinski definition) is 6. The Kier molecular flexibility index (Phi) is 7.18. The van der Waals surface area contributed by atoms with E-state index in [9.17, 15) is 9.59 Å². The van der Waals surface area contributed by atoms with Crippen LogP contribution in [0.1, 0.15) is 33.6 Å². The van der Waals surface area contributed by atoms with Gasteiger partial charge >= 0.3 is 0 Å². The van der Waals surface area contributed by atoms with E-state index in [4.69, 9.17) is 18.9 Å². The van der Waals surface area contributed by atoms with Crippen LogP contribution in [0.4, 0.5) is 0 Å². The van der Waals surface area contributed by atoms with Gasteiger partial charge in [-0.1, -0.05) is 13.3 Å². The highest BCUT2D eigenvalue weighted by molar-refractivity contribution is 5.89. The van der Waals surface area contributed by atoms with Crippen LogP contribution in [-0.4, -0.2) is 80.8 Å². The van der Waals surface area contributed by atoms with Crippen molar-refractivity contribution >= 4 is 11.8 Å². The number of methoxy groups -OCH3 is 1. The first-order valence-electron chi connectivity index (χ1n) is 8.89. The summed E-state index contributed by atoms with van der Waals surface area (Å²) in [6.45, 7) is 7.25. The van der Waals surface area contributed by atoms with E-state index >= 15 is 0 Å². The summed E-state index contributed by atoms with van der Waals surface area (Å²) in [6, 6.07) is -0.692. The van der Waals surface area contributed by atoms with Crippen LogP contribution in [0, 0.1) is 0 Å². The van der Waals surface area contributed by atoms with Crippen molar-refractivity contribution in [3.05, 3.63) is 0 Å². The largest absolute Gasteiger partial charge is 0.382 e. The number of rotatable bonds is 9. The van der Waals surface area contributed by atoms with Gasteiger partial charge in [0, 0.05) is 13.7 Å². The van der Waals surface area contributed by atoms with Crippen LogP contribution in [0.2, 0.25) is 0 Å². The average molecular weight is 358 g/mol. The molecule has 2 fully saturated rings. The molecule has 25 heavy (non-hydrogen) atoms. The maximum atomic E-state index is 12.7. The number of carbonyl (C=O) groups is 2. The first-order chi connectivity index (χ1) is 11.9. The molecular formula is C17H30N2O6. The number of ether oxygens (including phenoxy) is 4. The lowest BCUT2D eigenvalue weighted by molar-refractivity contribution is -0.171. The summed E-state index contributed by atoms with van der Waals surface area (Å²) in [7, 11) is 1.57. The van der Waals surface area contributed by atoms with E-state index in [0.29, 0.717) is 26.3 Å². The fraction of sp³-hybridized carbons (Fsp3) is 0.882. The second-order valence-corrected chi connectivity index (χ2v) is 6.82. The summed E-state index contributed by atoms with van der Waals surface area (Å²) < 4.78 is 21.9. The number of nitrogens with zero attached hydrogens (tertiary/aromatic N) is 1. The van der Waals surface area contributed by atoms with E-state index in [0.717, 1.165) is 12.8 Å². The molecule has 0 aromatic heterocycles. The SMILES string of the molecule is CCCCNC(=O)[C@@H]1[C@H]2OC(C)(C)O[C@H]2CN1C(=O)COCCOC. The number of likely N-dealkylation sites (tertiary alicyclic amines) is 1. The molecule has 3 atom stereocenters. The van der Waals surface area contributed by atoms with E-state index in [1.807, 2.05) is 13.8 Å². The number of hydrogen-bond donors (Lipinski definition) is 1. The van der Waals surface area contributed by atoms with E-state index in [2.05, 4.69) is 12.2 Å². The lowest BCUT2D eigenvalue weighted by Crippen LogP contribution is -2.52. The molecule has 0 aromatic carbocycles. The topological polar surface area (TPSA) is 86.3 Å². The van der Waals surface area contributed by atoms with Gasteiger partial charge in [0.25, 0.3) is 0 Å². The van der Waals surface area contributed by atoms with Gasteiger partial charge < -0.3 is 29.2 Å². The predicted molar refractivity (Wildman–Crippen MR) is 89.9 cm³/mol. The van der Waals surface area contributed by atoms with Gasteiger partial charge in [0.2, 0.25) is 11.8 Å². The fourth-order valence-corrected chi connectivity index (χ4v) is 3.18. The normalized spacial score (nSPS) is 27.4. The van der Waals surface area contributed by atoms with Gasteiger partial charge in [-0.3, -0.25) is 9.59 Å². The third-order valence-corrected chi connectivity index (χ3v) is 4.32. The number of carbonyl (C=O) groups excluding carboxylic acids is 2. The van der Waals surface area contributed by atoms with Crippen molar-refractivity contribution in [1.82, 2.24) is 10.2 Å². The molecule has 2 rings (SSSR count). The third kappa shape index (κ3) is 5.13. The van der Waals surface area contributed by atoms with E-state index in [1.165, 1.54) is 4.90 Å². The highest BCUT2D eigenvalue weighted by Gasteiger charge is 2.56. The first kappa shape index (κ1) is 20.1. The molecule has 2 aliphatic rings. The van der Waals surface area contributed by atoms with Crippen molar-refractivity contribution in [2.75, 3.05) is 40.0 Å². The van der Waals surface area contributed by atoms with Gasteiger partial charge in [-0.2, -0.15) is 0 Å². The number of amides is 2. The van der Waals surface area contributed by atoms with Crippen LogP contribution >= 0.6 is 0 Å². The summed E-state index contributed by atoms with van der Waals surface area (Å²) in [5.74, 6) is -1.19. The van der Waals surface area contributed by atoms with Gasteiger partial charge in [-0.15, -0.1) is 0 Å². The Bertz CT molecular complexity index is 470. The molecular weight excluding hydrogens is 328 g/mol. The maximum Gasteiger partial charge on any atom is 0.249 e. The second-order valence-electron chi connectivity index (χ2n) is 6.82. The van der Waals surface area contributed by atoms with Gasteiger partial charge in [0.1, 0.15) is 24.9 Å². The highest BCUT2D eigenvalue weighted by atomic mass is 16.8. The molecule has 0 saturated carbocycles. The molecule has 0 radical (unpaired) electrons. The monoisotopic (exact) mass is 358 g/mol. The van der Waals surface area contributed by atoms with Crippen molar-refractivity contribution in [2.24, 2.45) is 0 Å². The Morgan fingerprint density at radius 1 is 1.28 bits per heavy atom. The molecule has 0 aliphatic carbocycles.